The van der Waals surface area contributed by atoms with Gasteiger partial charge in [0.25, 0.3) is 5.91 Å². The van der Waals surface area contributed by atoms with Crippen molar-refractivity contribution in [1.29, 1.82) is 0 Å². The molecule has 2 aromatic rings. The number of likely N-dealkylation sites (N-methyl/N-ethyl adjacent to an activating group) is 1. The van der Waals surface area contributed by atoms with Crippen molar-refractivity contribution in [3.63, 3.8) is 0 Å². The fourth-order valence-corrected chi connectivity index (χ4v) is 2.59. The Morgan fingerprint density at radius 3 is 2.50 bits per heavy atom. The molecule has 2 aromatic carbocycles. The van der Waals surface area contributed by atoms with Crippen LogP contribution in [0.1, 0.15) is 0 Å². The summed E-state index contributed by atoms with van der Waals surface area (Å²) in [6, 6.07) is 7.03. The van der Waals surface area contributed by atoms with Gasteiger partial charge in [-0.1, -0.05) is 0 Å². The average Bonchev–Trinajstić information content (AvgIpc) is 2.54. The first-order chi connectivity index (χ1) is 11.5. The number of ether oxygens (including phenoxy) is 1. The molecule has 1 amide bonds. The third-order valence-corrected chi connectivity index (χ3v) is 3.84. The molecule has 7 heteroatoms. The van der Waals surface area contributed by atoms with Crippen LogP contribution in [0.4, 0.5) is 24.5 Å². The summed E-state index contributed by atoms with van der Waals surface area (Å²) in [5.74, 6) is -2.57. The molecule has 0 aromatic heterocycles. The number of hydrogen-bond donors (Lipinski definition) is 0. The predicted molar refractivity (Wildman–Crippen MR) is 83.9 cm³/mol. The Morgan fingerprint density at radius 2 is 1.75 bits per heavy atom. The van der Waals surface area contributed by atoms with Gasteiger partial charge in [-0.2, -0.15) is 0 Å². The van der Waals surface area contributed by atoms with E-state index in [1.165, 1.54) is 23.1 Å². The minimum atomic E-state index is -0.872. The first-order valence-electron chi connectivity index (χ1n) is 7.34. The van der Waals surface area contributed by atoms with Crippen LogP contribution < -0.4 is 14.5 Å². The molecular weight excluding hydrogens is 321 g/mol. The topological polar surface area (TPSA) is 32.8 Å². The molecule has 1 aliphatic rings. The number of carbonyl (C=O) groups excluding carboxylic acids is 1. The fraction of sp³-hybridized carbons (Fsp3) is 0.235. The smallest absolute Gasteiger partial charge is 0.265 e. The van der Waals surface area contributed by atoms with Crippen LogP contribution >= 0.6 is 0 Å². The third kappa shape index (κ3) is 3.15. The summed E-state index contributed by atoms with van der Waals surface area (Å²) in [7, 11) is 1.81. The second-order valence-corrected chi connectivity index (χ2v) is 5.46. The normalized spacial score (nSPS) is 13.7. The third-order valence-electron chi connectivity index (χ3n) is 3.84. The van der Waals surface area contributed by atoms with E-state index in [0.717, 1.165) is 12.1 Å². The van der Waals surface area contributed by atoms with E-state index >= 15 is 0 Å². The number of anilines is 2. The summed E-state index contributed by atoms with van der Waals surface area (Å²) < 4.78 is 45.0. The second kappa shape index (κ2) is 6.43. The van der Waals surface area contributed by atoms with Crippen LogP contribution in [0.2, 0.25) is 0 Å². The van der Waals surface area contributed by atoms with E-state index in [1.54, 1.807) is 0 Å². The molecule has 3 rings (SSSR count). The van der Waals surface area contributed by atoms with Crippen molar-refractivity contribution in [2.75, 3.05) is 36.5 Å². The predicted octanol–water partition coefficient (Wildman–Crippen LogP) is 2.97. The molecule has 24 heavy (non-hydrogen) atoms. The molecule has 0 fully saturated rings. The number of benzene rings is 2. The summed E-state index contributed by atoms with van der Waals surface area (Å²) in [6.07, 6.45) is 0. The number of amides is 1. The van der Waals surface area contributed by atoms with Crippen LogP contribution in [0.25, 0.3) is 0 Å². The van der Waals surface area contributed by atoms with E-state index in [1.807, 2.05) is 11.9 Å². The maximum atomic E-state index is 13.5. The summed E-state index contributed by atoms with van der Waals surface area (Å²) in [5.41, 5.74) is 1.17. The van der Waals surface area contributed by atoms with Gasteiger partial charge in [0, 0.05) is 26.2 Å². The molecule has 0 spiro atoms. The first-order valence-corrected chi connectivity index (χ1v) is 7.34. The molecular formula is C17H15F3N2O2. The van der Waals surface area contributed by atoms with Crippen molar-refractivity contribution in [2.45, 2.75) is 0 Å². The van der Waals surface area contributed by atoms with E-state index in [0.29, 0.717) is 30.5 Å². The lowest BCUT2D eigenvalue weighted by molar-refractivity contribution is -0.120. The van der Waals surface area contributed by atoms with Gasteiger partial charge in [-0.25, -0.2) is 13.2 Å². The van der Waals surface area contributed by atoms with Gasteiger partial charge in [-0.3, -0.25) is 4.79 Å². The molecule has 0 atom stereocenters. The highest BCUT2D eigenvalue weighted by molar-refractivity contribution is 5.98. The average molecular weight is 336 g/mol. The maximum Gasteiger partial charge on any atom is 0.265 e. The van der Waals surface area contributed by atoms with Crippen LogP contribution in [0.3, 0.4) is 0 Å². The monoisotopic (exact) mass is 336 g/mol. The van der Waals surface area contributed by atoms with Crippen LogP contribution in [0.15, 0.2) is 36.4 Å². The molecule has 1 aliphatic heterocycles. The number of rotatable bonds is 3. The van der Waals surface area contributed by atoms with E-state index in [9.17, 15) is 18.0 Å². The molecule has 1 heterocycles. The summed E-state index contributed by atoms with van der Waals surface area (Å²) >= 11 is 0. The number of carbonyl (C=O) groups is 1. The standard InChI is InChI=1S/C17H15F3N2O2/c1-21-6-7-22(14-4-2-12(19)9-15(14)21)17(23)10-24-16-5-3-11(18)8-13(16)20/h2-5,8-9H,6-7,10H2,1H3. The molecule has 0 N–H and O–H groups in total. The fourth-order valence-electron chi connectivity index (χ4n) is 2.59. The molecule has 0 unspecified atom stereocenters. The Hall–Kier alpha value is -2.70. The van der Waals surface area contributed by atoms with Gasteiger partial charge >= 0.3 is 0 Å². The van der Waals surface area contributed by atoms with Crippen molar-refractivity contribution in [3.05, 3.63) is 53.8 Å². The Bertz CT molecular complexity index is 782. The number of halogens is 3. The number of nitrogens with zero attached hydrogens (tertiary/aromatic N) is 2. The van der Waals surface area contributed by atoms with Crippen molar-refractivity contribution < 1.29 is 22.7 Å². The summed E-state index contributed by atoms with van der Waals surface area (Å²) in [4.78, 5) is 15.7. The quantitative estimate of drug-likeness (QED) is 0.864. The number of hydrogen-bond acceptors (Lipinski definition) is 3. The molecule has 0 saturated carbocycles. The highest BCUT2D eigenvalue weighted by Gasteiger charge is 2.26. The highest BCUT2D eigenvalue weighted by atomic mass is 19.1. The minimum Gasteiger partial charge on any atom is -0.481 e. The summed E-state index contributed by atoms with van der Waals surface area (Å²) in [6.45, 7) is 0.541. The van der Waals surface area contributed by atoms with Crippen molar-refractivity contribution in [3.8, 4) is 5.75 Å². The van der Waals surface area contributed by atoms with Gasteiger partial charge in [0.05, 0.1) is 11.4 Å². The maximum absolute atomic E-state index is 13.5. The van der Waals surface area contributed by atoms with Crippen LogP contribution in [-0.4, -0.2) is 32.7 Å². The molecule has 126 valence electrons. The zero-order valence-corrected chi connectivity index (χ0v) is 12.9. The lowest BCUT2D eigenvalue weighted by Gasteiger charge is -2.35. The molecule has 0 saturated heterocycles. The number of fused-ring (bicyclic) bond motifs is 1. The van der Waals surface area contributed by atoms with E-state index in [4.69, 9.17) is 4.74 Å². The van der Waals surface area contributed by atoms with Gasteiger partial charge in [-0.15, -0.1) is 0 Å². The molecule has 0 aliphatic carbocycles. The first kappa shape index (κ1) is 16.2. The zero-order valence-electron chi connectivity index (χ0n) is 12.9. The van der Waals surface area contributed by atoms with E-state index in [2.05, 4.69) is 0 Å². The SMILES string of the molecule is CN1CCN(C(=O)COc2ccc(F)cc2F)c2ccc(F)cc21. The van der Waals surface area contributed by atoms with Crippen LogP contribution in [0.5, 0.6) is 5.75 Å². The van der Waals surface area contributed by atoms with Crippen molar-refractivity contribution in [2.24, 2.45) is 0 Å². The van der Waals surface area contributed by atoms with E-state index in [-0.39, 0.29) is 17.5 Å². The van der Waals surface area contributed by atoms with Crippen molar-refractivity contribution >= 4 is 17.3 Å². The minimum absolute atomic E-state index is 0.196. The Labute approximate surface area is 137 Å². The van der Waals surface area contributed by atoms with Gasteiger partial charge < -0.3 is 14.5 Å². The highest BCUT2D eigenvalue weighted by Crippen LogP contribution is 2.33. The Morgan fingerprint density at radius 1 is 1.04 bits per heavy atom. The van der Waals surface area contributed by atoms with E-state index < -0.39 is 18.2 Å². The van der Waals surface area contributed by atoms with Gasteiger partial charge in [0.15, 0.2) is 18.2 Å². The van der Waals surface area contributed by atoms with Crippen LogP contribution in [0, 0.1) is 17.5 Å². The molecule has 0 radical (unpaired) electrons. The molecule has 4 nitrogen and oxygen atoms in total. The zero-order chi connectivity index (χ0) is 17.3. The van der Waals surface area contributed by atoms with Gasteiger partial charge in [0.2, 0.25) is 0 Å². The largest absolute Gasteiger partial charge is 0.481 e. The summed E-state index contributed by atoms with van der Waals surface area (Å²) in [5, 5.41) is 0. The van der Waals surface area contributed by atoms with Gasteiger partial charge in [-0.05, 0) is 30.3 Å². The lowest BCUT2D eigenvalue weighted by Crippen LogP contribution is -2.44. The van der Waals surface area contributed by atoms with Crippen LogP contribution in [-0.2, 0) is 4.79 Å². The molecule has 0 bridgehead atoms. The Balaban J connectivity index is 1.75. The van der Waals surface area contributed by atoms with Gasteiger partial charge in [0.1, 0.15) is 11.6 Å². The Kier molecular flexibility index (Phi) is 4.33. The second-order valence-electron chi connectivity index (χ2n) is 5.46. The van der Waals surface area contributed by atoms with Crippen molar-refractivity contribution in [1.82, 2.24) is 0 Å². The lowest BCUT2D eigenvalue weighted by atomic mass is 10.1.